The summed E-state index contributed by atoms with van der Waals surface area (Å²) >= 11 is 0. The molecule has 0 bridgehead atoms. The van der Waals surface area contributed by atoms with Crippen LogP contribution in [-0.2, 0) is 22.6 Å². The van der Waals surface area contributed by atoms with Crippen molar-refractivity contribution in [2.24, 2.45) is 0 Å². The molecule has 0 aliphatic heterocycles. The first-order valence-corrected chi connectivity index (χ1v) is 6.09. The second kappa shape index (κ2) is 6.46. The first-order chi connectivity index (χ1) is 9.63. The zero-order valence-corrected chi connectivity index (χ0v) is 10.7. The summed E-state index contributed by atoms with van der Waals surface area (Å²) in [6, 6.07) is 9.67. The molecule has 0 aliphatic carbocycles. The number of anilines is 1. The number of aryl methyl sites for hydroxylation is 1. The molecule has 20 heavy (non-hydrogen) atoms. The Balaban J connectivity index is 1.82. The van der Waals surface area contributed by atoms with E-state index in [1.54, 1.807) is 0 Å². The van der Waals surface area contributed by atoms with Crippen molar-refractivity contribution in [3.63, 3.8) is 0 Å². The molecule has 1 aromatic carbocycles. The van der Waals surface area contributed by atoms with Gasteiger partial charge in [0.25, 0.3) is 0 Å². The monoisotopic (exact) mass is 274 g/mol. The van der Waals surface area contributed by atoms with Gasteiger partial charge in [-0.05, 0) is 12.0 Å². The van der Waals surface area contributed by atoms with Crippen LogP contribution < -0.4 is 5.32 Å². The Morgan fingerprint density at radius 2 is 2.00 bits per heavy atom. The minimum Gasteiger partial charge on any atom is -0.480 e. The number of aromatic nitrogens is 3. The van der Waals surface area contributed by atoms with Gasteiger partial charge in [-0.3, -0.25) is 9.59 Å². The molecule has 7 nitrogen and oxygen atoms in total. The van der Waals surface area contributed by atoms with E-state index in [2.05, 4.69) is 15.6 Å². The van der Waals surface area contributed by atoms with Crippen LogP contribution in [0.3, 0.4) is 0 Å². The van der Waals surface area contributed by atoms with Crippen LogP contribution in [0.15, 0.2) is 36.5 Å². The van der Waals surface area contributed by atoms with Crippen LogP contribution in [-0.4, -0.2) is 32.0 Å². The van der Waals surface area contributed by atoms with Crippen LogP contribution in [0, 0.1) is 0 Å². The van der Waals surface area contributed by atoms with Gasteiger partial charge >= 0.3 is 5.97 Å². The lowest BCUT2D eigenvalue weighted by Crippen LogP contribution is -2.12. The minimum atomic E-state index is -1.02. The lowest BCUT2D eigenvalue weighted by atomic mass is 10.1. The summed E-state index contributed by atoms with van der Waals surface area (Å²) in [5.41, 5.74) is 1.08. The van der Waals surface area contributed by atoms with Crippen LogP contribution in [0.2, 0.25) is 0 Å². The molecule has 2 aromatic rings. The van der Waals surface area contributed by atoms with Crippen molar-refractivity contribution >= 4 is 17.7 Å². The Hall–Kier alpha value is -2.70. The molecule has 0 aliphatic rings. The number of carbonyl (C=O) groups is 2. The number of aliphatic carboxylic acids is 1. The van der Waals surface area contributed by atoms with E-state index < -0.39 is 5.97 Å². The summed E-state index contributed by atoms with van der Waals surface area (Å²) in [5, 5.41) is 18.5. The lowest BCUT2D eigenvalue weighted by molar-refractivity contribution is -0.137. The number of hydrogen-bond acceptors (Lipinski definition) is 4. The summed E-state index contributed by atoms with van der Waals surface area (Å²) in [4.78, 5) is 22.2. The first-order valence-electron chi connectivity index (χ1n) is 6.09. The fraction of sp³-hybridized carbons (Fsp3) is 0.231. The smallest absolute Gasteiger partial charge is 0.325 e. The van der Waals surface area contributed by atoms with Gasteiger partial charge in [0.15, 0.2) is 5.82 Å². The maximum absolute atomic E-state index is 11.7. The number of carboxylic acids is 1. The molecule has 2 rings (SSSR count). The van der Waals surface area contributed by atoms with Gasteiger partial charge in [-0.25, -0.2) is 4.68 Å². The van der Waals surface area contributed by atoms with Crippen LogP contribution in [0.4, 0.5) is 5.82 Å². The van der Waals surface area contributed by atoms with Gasteiger partial charge in [-0.1, -0.05) is 35.5 Å². The second-order valence-corrected chi connectivity index (χ2v) is 4.23. The maximum atomic E-state index is 11.7. The van der Waals surface area contributed by atoms with E-state index >= 15 is 0 Å². The molecule has 0 unspecified atom stereocenters. The van der Waals surface area contributed by atoms with E-state index in [9.17, 15) is 9.59 Å². The van der Waals surface area contributed by atoms with Crippen molar-refractivity contribution in [3.8, 4) is 0 Å². The molecule has 1 aromatic heterocycles. The molecule has 0 saturated carbocycles. The van der Waals surface area contributed by atoms with Crippen molar-refractivity contribution < 1.29 is 14.7 Å². The minimum absolute atomic E-state index is 0.184. The normalized spacial score (nSPS) is 10.2. The number of nitrogens with one attached hydrogen (secondary N) is 1. The summed E-state index contributed by atoms with van der Waals surface area (Å²) in [6.07, 6.45) is 2.35. The molecule has 104 valence electrons. The summed E-state index contributed by atoms with van der Waals surface area (Å²) in [5.74, 6) is -0.947. The Bertz CT molecular complexity index is 595. The topological polar surface area (TPSA) is 97.1 Å². The predicted molar refractivity (Wildman–Crippen MR) is 71.1 cm³/mol. The van der Waals surface area contributed by atoms with E-state index in [-0.39, 0.29) is 18.3 Å². The van der Waals surface area contributed by atoms with Crippen molar-refractivity contribution in [1.82, 2.24) is 15.0 Å². The van der Waals surface area contributed by atoms with E-state index in [1.807, 2.05) is 30.3 Å². The van der Waals surface area contributed by atoms with Crippen LogP contribution in [0.5, 0.6) is 0 Å². The number of nitrogens with zero attached hydrogens (tertiary/aromatic N) is 3. The highest BCUT2D eigenvalue weighted by molar-refractivity contribution is 5.89. The molecule has 0 saturated heterocycles. The van der Waals surface area contributed by atoms with E-state index in [0.717, 1.165) is 10.2 Å². The highest BCUT2D eigenvalue weighted by Crippen LogP contribution is 2.05. The number of hydrogen-bond donors (Lipinski definition) is 2. The van der Waals surface area contributed by atoms with Gasteiger partial charge in [-0.2, -0.15) is 0 Å². The molecule has 0 fully saturated rings. The van der Waals surface area contributed by atoms with E-state index in [1.165, 1.54) is 6.20 Å². The average molecular weight is 274 g/mol. The number of amides is 1. The molecule has 0 atom stereocenters. The van der Waals surface area contributed by atoms with Gasteiger partial charge in [0, 0.05) is 6.42 Å². The largest absolute Gasteiger partial charge is 0.480 e. The maximum Gasteiger partial charge on any atom is 0.325 e. The Morgan fingerprint density at radius 1 is 1.25 bits per heavy atom. The van der Waals surface area contributed by atoms with Gasteiger partial charge in [-0.15, -0.1) is 5.10 Å². The average Bonchev–Trinajstić information content (AvgIpc) is 2.84. The fourth-order valence-corrected chi connectivity index (χ4v) is 1.68. The molecule has 0 spiro atoms. The van der Waals surface area contributed by atoms with Crippen molar-refractivity contribution in [2.75, 3.05) is 5.32 Å². The third-order valence-corrected chi connectivity index (χ3v) is 2.59. The van der Waals surface area contributed by atoms with Crippen molar-refractivity contribution in [1.29, 1.82) is 0 Å². The van der Waals surface area contributed by atoms with Crippen molar-refractivity contribution in [3.05, 3.63) is 42.1 Å². The first kappa shape index (κ1) is 13.7. The predicted octanol–water partition coefficient (Wildman–Crippen LogP) is 0.934. The molecule has 0 radical (unpaired) electrons. The number of rotatable bonds is 6. The SMILES string of the molecule is O=C(O)Cn1cc(NC(=O)CCc2ccccc2)nn1. The number of benzene rings is 1. The van der Waals surface area contributed by atoms with Gasteiger partial charge in [0.2, 0.25) is 5.91 Å². The van der Waals surface area contributed by atoms with Crippen LogP contribution in [0.25, 0.3) is 0 Å². The molecule has 2 N–H and O–H groups in total. The van der Waals surface area contributed by atoms with E-state index in [0.29, 0.717) is 12.8 Å². The zero-order chi connectivity index (χ0) is 14.4. The fourth-order valence-electron chi connectivity index (χ4n) is 1.68. The molecule has 1 amide bonds. The summed E-state index contributed by atoms with van der Waals surface area (Å²) in [6.45, 7) is -0.285. The summed E-state index contributed by atoms with van der Waals surface area (Å²) in [7, 11) is 0. The zero-order valence-electron chi connectivity index (χ0n) is 10.7. The number of carboxylic acid groups (broad SMARTS) is 1. The lowest BCUT2D eigenvalue weighted by Gasteiger charge is -2.01. The quantitative estimate of drug-likeness (QED) is 0.816. The van der Waals surface area contributed by atoms with Gasteiger partial charge < -0.3 is 10.4 Å². The van der Waals surface area contributed by atoms with Gasteiger partial charge in [0.1, 0.15) is 6.54 Å². The molecular weight excluding hydrogens is 260 g/mol. The van der Waals surface area contributed by atoms with Crippen LogP contribution in [0.1, 0.15) is 12.0 Å². The second-order valence-electron chi connectivity index (χ2n) is 4.23. The van der Waals surface area contributed by atoms with Crippen molar-refractivity contribution in [2.45, 2.75) is 19.4 Å². The third kappa shape index (κ3) is 4.20. The Labute approximate surface area is 115 Å². The Kier molecular flexibility index (Phi) is 4.43. The molecule has 7 heteroatoms. The van der Waals surface area contributed by atoms with Crippen LogP contribution >= 0.6 is 0 Å². The number of carbonyl (C=O) groups excluding carboxylic acids is 1. The van der Waals surface area contributed by atoms with Gasteiger partial charge in [0.05, 0.1) is 6.20 Å². The summed E-state index contributed by atoms with van der Waals surface area (Å²) < 4.78 is 1.15. The molecular formula is C13H14N4O3. The standard InChI is InChI=1S/C13H14N4O3/c18-12(7-6-10-4-2-1-3-5-10)14-11-8-17(16-15-11)9-13(19)20/h1-5,8H,6-7,9H2,(H,14,18)(H,19,20). The highest BCUT2D eigenvalue weighted by atomic mass is 16.4. The molecule has 1 heterocycles. The third-order valence-electron chi connectivity index (χ3n) is 2.59. The van der Waals surface area contributed by atoms with E-state index in [4.69, 9.17) is 5.11 Å². The Morgan fingerprint density at radius 3 is 2.70 bits per heavy atom. The highest BCUT2D eigenvalue weighted by Gasteiger charge is 2.08.